The molecule has 1 aromatic carbocycles. The maximum Gasteiger partial charge on any atom is 0.0612 e. The molecule has 2 aromatic rings. The fourth-order valence-corrected chi connectivity index (χ4v) is 2.30. The van der Waals surface area contributed by atoms with Crippen LogP contribution in [0.3, 0.4) is 0 Å². The van der Waals surface area contributed by atoms with Crippen molar-refractivity contribution in [3.05, 3.63) is 45.0 Å². The van der Waals surface area contributed by atoms with Gasteiger partial charge in [-0.1, -0.05) is 30.3 Å². The third-order valence-corrected chi connectivity index (χ3v) is 4.43. The minimum absolute atomic E-state index is 1.08. The highest BCUT2D eigenvalue weighted by atomic mass is 79.9. The van der Waals surface area contributed by atoms with Gasteiger partial charge in [-0.25, -0.2) is 0 Å². The summed E-state index contributed by atoms with van der Waals surface area (Å²) in [4.78, 5) is 3.34. The van der Waals surface area contributed by atoms with Gasteiger partial charge in [0.25, 0.3) is 0 Å². The molecule has 0 aliphatic carbocycles. The third-order valence-electron chi connectivity index (χ3n) is 2.12. The van der Waals surface area contributed by atoms with E-state index in [-0.39, 0.29) is 0 Å². The Morgan fingerprint density at radius 1 is 1.00 bits per heavy atom. The van der Waals surface area contributed by atoms with E-state index in [1.54, 1.807) is 0 Å². The minimum Gasteiger partial charge on any atom is -0.357 e. The van der Waals surface area contributed by atoms with Crippen LogP contribution in [0, 0.1) is 6.92 Å². The summed E-state index contributed by atoms with van der Waals surface area (Å²) in [5.41, 5.74) is 3.44. The van der Waals surface area contributed by atoms with Gasteiger partial charge in [0.15, 0.2) is 0 Å². The van der Waals surface area contributed by atoms with E-state index < -0.39 is 0 Å². The SMILES string of the molecule is Cc1[nH]c(-c2ccccc2)c(Br)c1Br. The fraction of sp³-hybridized carbons (Fsp3) is 0.0909. The lowest BCUT2D eigenvalue weighted by molar-refractivity contribution is 1.26. The number of hydrogen-bond acceptors (Lipinski definition) is 0. The molecule has 0 spiro atoms. The molecule has 3 heteroatoms. The fourth-order valence-electron chi connectivity index (χ4n) is 1.38. The molecule has 0 bridgehead atoms. The van der Waals surface area contributed by atoms with Crippen molar-refractivity contribution in [2.24, 2.45) is 0 Å². The number of H-pyrrole nitrogens is 1. The van der Waals surface area contributed by atoms with Gasteiger partial charge >= 0.3 is 0 Å². The van der Waals surface area contributed by atoms with E-state index in [9.17, 15) is 0 Å². The van der Waals surface area contributed by atoms with E-state index in [0.717, 1.165) is 20.3 Å². The average molecular weight is 315 g/mol. The van der Waals surface area contributed by atoms with Crippen LogP contribution >= 0.6 is 31.9 Å². The number of aromatic amines is 1. The highest BCUT2D eigenvalue weighted by Crippen LogP contribution is 2.35. The van der Waals surface area contributed by atoms with Crippen LogP contribution in [0.4, 0.5) is 0 Å². The summed E-state index contributed by atoms with van der Waals surface area (Å²) in [6, 6.07) is 10.3. The van der Waals surface area contributed by atoms with E-state index in [1.807, 2.05) is 25.1 Å². The molecule has 72 valence electrons. The Balaban J connectivity index is 2.58. The molecule has 2 rings (SSSR count). The van der Waals surface area contributed by atoms with Crippen molar-refractivity contribution in [1.82, 2.24) is 4.98 Å². The average Bonchev–Trinajstić information content (AvgIpc) is 2.47. The first-order valence-electron chi connectivity index (χ1n) is 4.29. The number of halogens is 2. The van der Waals surface area contributed by atoms with Gasteiger partial charge in [0.2, 0.25) is 0 Å². The van der Waals surface area contributed by atoms with Crippen molar-refractivity contribution in [3.8, 4) is 11.3 Å². The molecule has 1 aromatic heterocycles. The van der Waals surface area contributed by atoms with Crippen molar-refractivity contribution in [2.75, 3.05) is 0 Å². The summed E-state index contributed by atoms with van der Waals surface area (Å²) in [6.45, 7) is 2.04. The van der Waals surface area contributed by atoms with Gasteiger partial charge < -0.3 is 4.98 Å². The normalized spacial score (nSPS) is 10.5. The molecule has 0 saturated carbocycles. The Kier molecular flexibility index (Phi) is 2.79. The van der Waals surface area contributed by atoms with E-state index in [4.69, 9.17) is 0 Å². The summed E-state index contributed by atoms with van der Waals surface area (Å²) < 4.78 is 2.18. The summed E-state index contributed by atoms with van der Waals surface area (Å²) in [5.74, 6) is 0. The molecule has 0 radical (unpaired) electrons. The second kappa shape index (κ2) is 3.91. The first-order chi connectivity index (χ1) is 6.70. The lowest BCUT2D eigenvalue weighted by atomic mass is 10.2. The molecule has 0 unspecified atom stereocenters. The van der Waals surface area contributed by atoms with Crippen LogP contribution in [0.2, 0.25) is 0 Å². The molecule has 0 aliphatic rings. The van der Waals surface area contributed by atoms with Crippen LogP contribution in [0.25, 0.3) is 11.3 Å². The molecule has 14 heavy (non-hydrogen) atoms. The zero-order valence-electron chi connectivity index (χ0n) is 7.64. The zero-order chi connectivity index (χ0) is 10.1. The van der Waals surface area contributed by atoms with E-state index in [1.165, 1.54) is 5.56 Å². The molecule has 0 saturated heterocycles. The highest BCUT2D eigenvalue weighted by Gasteiger charge is 2.11. The van der Waals surface area contributed by atoms with Crippen LogP contribution < -0.4 is 0 Å². The molecule has 0 amide bonds. The van der Waals surface area contributed by atoms with Gasteiger partial charge in [0.1, 0.15) is 0 Å². The predicted molar refractivity (Wildman–Crippen MR) is 66.4 cm³/mol. The van der Waals surface area contributed by atoms with Gasteiger partial charge in [-0.3, -0.25) is 0 Å². The summed E-state index contributed by atoms with van der Waals surface area (Å²) in [7, 11) is 0. The van der Waals surface area contributed by atoms with Crippen molar-refractivity contribution >= 4 is 31.9 Å². The van der Waals surface area contributed by atoms with Gasteiger partial charge in [0, 0.05) is 5.69 Å². The Hall–Kier alpha value is -0.540. The van der Waals surface area contributed by atoms with Crippen molar-refractivity contribution in [3.63, 3.8) is 0 Å². The van der Waals surface area contributed by atoms with E-state index in [2.05, 4.69) is 49.0 Å². The first-order valence-corrected chi connectivity index (χ1v) is 5.87. The highest BCUT2D eigenvalue weighted by molar-refractivity contribution is 9.13. The van der Waals surface area contributed by atoms with E-state index >= 15 is 0 Å². The quantitative estimate of drug-likeness (QED) is 0.797. The predicted octanol–water partition coefficient (Wildman–Crippen LogP) is 4.52. The first kappa shape index (κ1) is 9.99. The Bertz CT molecular complexity index is 446. The molecular weight excluding hydrogens is 306 g/mol. The monoisotopic (exact) mass is 313 g/mol. The van der Waals surface area contributed by atoms with Crippen molar-refractivity contribution in [2.45, 2.75) is 6.92 Å². The molecule has 0 atom stereocenters. The lowest BCUT2D eigenvalue weighted by Gasteiger charge is -1.98. The number of aromatic nitrogens is 1. The van der Waals surface area contributed by atoms with Crippen LogP contribution in [-0.2, 0) is 0 Å². The number of rotatable bonds is 1. The van der Waals surface area contributed by atoms with Gasteiger partial charge in [0.05, 0.1) is 14.6 Å². The number of nitrogens with one attached hydrogen (secondary N) is 1. The molecule has 0 aliphatic heterocycles. The molecule has 1 heterocycles. The smallest absolute Gasteiger partial charge is 0.0612 e. The maximum absolute atomic E-state index is 3.56. The van der Waals surface area contributed by atoms with Crippen LogP contribution in [-0.4, -0.2) is 4.98 Å². The third kappa shape index (κ3) is 1.66. The Morgan fingerprint density at radius 3 is 2.14 bits per heavy atom. The Morgan fingerprint density at radius 2 is 1.64 bits per heavy atom. The standard InChI is InChI=1S/C11H9Br2N/c1-7-9(12)10(13)11(14-7)8-5-3-2-4-6-8/h2-6,14H,1H3. The molecular formula is C11H9Br2N. The second-order valence-corrected chi connectivity index (χ2v) is 4.70. The van der Waals surface area contributed by atoms with Crippen LogP contribution in [0.5, 0.6) is 0 Å². The van der Waals surface area contributed by atoms with Crippen LogP contribution in [0.15, 0.2) is 39.3 Å². The second-order valence-electron chi connectivity index (χ2n) is 3.12. The zero-order valence-corrected chi connectivity index (χ0v) is 10.8. The number of benzene rings is 1. The molecule has 1 N–H and O–H groups in total. The van der Waals surface area contributed by atoms with Crippen LogP contribution in [0.1, 0.15) is 5.69 Å². The van der Waals surface area contributed by atoms with Gasteiger partial charge in [-0.2, -0.15) is 0 Å². The largest absolute Gasteiger partial charge is 0.357 e. The van der Waals surface area contributed by atoms with Gasteiger partial charge in [-0.15, -0.1) is 0 Å². The topological polar surface area (TPSA) is 15.8 Å². The maximum atomic E-state index is 3.56. The Labute approximate surface area is 99.8 Å². The molecule has 1 nitrogen and oxygen atoms in total. The minimum atomic E-state index is 1.08. The van der Waals surface area contributed by atoms with Gasteiger partial charge in [-0.05, 0) is 44.3 Å². The van der Waals surface area contributed by atoms with Crippen molar-refractivity contribution < 1.29 is 0 Å². The summed E-state index contributed by atoms with van der Waals surface area (Å²) in [5, 5.41) is 0. The lowest BCUT2D eigenvalue weighted by Crippen LogP contribution is -1.77. The summed E-state index contributed by atoms with van der Waals surface area (Å²) >= 11 is 7.08. The van der Waals surface area contributed by atoms with Crippen molar-refractivity contribution in [1.29, 1.82) is 0 Å². The summed E-state index contributed by atoms with van der Waals surface area (Å²) in [6.07, 6.45) is 0. The molecule has 0 fully saturated rings. The van der Waals surface area contributed by atoms with E-state index in [0.29, 0.717) is 0 Å². The number of hydrogen-bond donors (Lipinski definition) is 1. The number of aryl methyl sites for hydroxylation is 1.